The summed E-state index contributed by atoms with van der Waals surface area (Å²) in [7, 11) is 0. The van der Waals surface area contributed by atoms with Crippen LogP contribution in [-0.2, 0) is 19.2 Å². The number of hydrogen-bond acceptors (Lipinski definition) is 8. The van der Waals surface area contributed by atoms with Crippen LogP contribution in [0.25, 0.3) is 11.1 Å². The first kappa shape index (κ1) is 29.8. The minimum atomic E-state index is -0.703. The monoisotopic (exact) mass is 544 g/mol. The summed E-state index contributed by atoms with van der Waals surface area (Å²) in [6.07, 6.45) is 0. The fraction of sp³-hybridized carbons (Fsp3) is 0.250. The Hall–Kier alpha value is -4.72. The van der Waals surface area contributed by atoms with Crippen molar-refractivity contribution in [1.82, 2.24) is 0 Å². The smallest absolute Gasteiger partial charge is 0.338 e. The molecule has 2 aromatic carbocycles. The summed E-state index contributed by atoms with van der Waals surface area (Å²) in [4.78, 5) is 50.0. The zero-order valence-electron chi connectivity index (χ0n) is 23.6. The van der Waals surface area contributed by atoms with Crippen LogP contribution in [0.1, 0.15) is 64.5 Å². The molecule has 0 aromatic heterocycles. The van der Waals surface area contributed by atoms with Crippen LogP contribution >= 0.6 is 0 Å². The fourth-order valence-electron chi connectivity index (χ4n) is 4.05. The lowest BCUT2D eigenvalue weighted by Gasteiger charge is -2.34. The Bertz CT molecular complexity index is 1390. The number of carbonyl (C=O) groups is 4. The molecule has 0 spiro atoms. The Morgan fingerprint density at radius 3 is 1.07 bits per heavy atom. The molecule has 8 nitrogen and oxygen atoms in total. The van der Waals surface area contributed by atoms with Gasteiger partial charge in [0.15, 0.2) is 0 Å². The molecule has 0 aliphatic heterocycles. The quantitative estimate of drug-likeness (QED) is 0.211. The molecule has 2 unspecified atom stereocenters. The van der Waals surface area contributed by atoms with E-state index < -0.39 is 23.9 Å². The molecule has 0 amide bonds. The minimum absolute atomic E-state index is 0.0642. The second-order valence-electron chi connectivity index (χ2n) is 10.0. The van der Waals surface area contributed by atoms with Gasteiger partial charge in [-0.05, 0) is 62.8 Å². The third-order valence-electron chi connectivity index (χ3n) is 6.41. The van der Waals surface area contributed by atoms with Crippen LogP contribution in [0.15, 0.2) is 72.9 Å². The SMILES string of the molecule is C=C(C)C(=O)Oc1cc(OC(=O)C(=C)C)c2c(c1)C(C)C(C)c1cc(OC(=O)C(=C)C)cc(OC(=O)C(=C)C)c1-2. The van der Waals surface area contributed by atoms with E-state index in [1.54, 1.807) is 12.1 Å². The molecule has 0 radical (unpaired) electrons. The third-order valence-corrected chi connectivity index (χ3v) is 6.41. The molecule has 2 atom stereocenters. The molecular formula is C32H32O8. The Labute approximate surface area is 233 Å². The standard InChI is InChI=1S/C32H32O8/c1-15(2)29(33)37-21-11-23-19(9)20(10)24-12-22(38-30(34)16(3)4)14-26(40-32(36)18(7)8)28(24)27(23)25(13-21)39-31(35)17(5)6/h11-14,19-20H,1,3,5,7H2,2,4,6,8-10H3. The molecule has 0 bridgehead atoms. The average Bonchev–Trinajstić information content (AvgIpc) is 2.86. The molecule has 0 saturated heterocycles. The van der Waals surface area contributed by atoms with E-state index in [0.717, 1.165) is 0 Å². The molecule has 8 heteroatoms. The summed E-state index contributed by atoms with van der Waals surface area (Å²) in [6, 6.07) is 6.17. The highest BCUT2D eigenvalue weighted by molar-refractivity contribution is 5.96. The van der Waals surface area contributed by atoms with Gasteiger partial charge >= 0.3 is 23.9 Å². The summed E-state index contributed by atoms with van der Waals surface area (Å²) < 4.78 is 22.4. The van der Waals surface area contributed by atoms with E-state index in [2.05, 4.69) is 26.3 Å². The Balaban J connectivity index is 2.38. The van der Waals surface area contributed by atoms with Gasteiger partial charge in [0.1, 0.15) is 23.0 Å². The van der Waals surface area contributed by atoms with E-state index in [4.69, 9.17) is 18.9 Å². The van der Waals surface area contributed by atoms with Gasteiger partial charge in [0.25, 0.3) is 0 Å². The van der Waals surface area contributed by atoms with Crippen molar-refractivity contribution < 1.29 is 38.1 Å². The van der Waals surface area contributed by atoms with Crippen molar-refractivity contribution in [2.24, 2.45) is 0 Å². The van der Waals surface area contributed by atoms with E-state index in [9.17, 15) is 19.2 Å². The molecule has 0 heterocycles. The number of esters is 4. The van der Waals surface area contributed by atoms with Crippen LogP contribution in [0.3, 0.4) is 0 Å². The topological polar surface area (TPSA) is 105 Å². The summed E-state index contributed by atoms with van der Waals surface area (Å²) >= 11 is 0. The number of hydrogen-bond donors (Lipinski definition) is 0. The second-order valence-corrected chi connectivity index (χ2v) is 10.0. The molecule has 0 saturated carbocycles. The molecule has 0 N–H and O–H groups in total. The number of carbonyl (C=O) groups excluding carboxylic acids is 4. The number of ether oxygens (including phenoxy) is 4. The van der Waals surface area contributed by atoms with Gasteiger partial charge < -0.3 is 18.9 Å². The van der Waals surface area contributed by atoms with Crippen LogP contribution in [-0.4, -0.2) is 23.9 Å². The first-order chi connectivity index (χ1) is 18.6. The Morgan fingerprint density at radius 1 is 0.525 bits per heavy atom. The highest BCUT2D eigenvalue weighted by Gasteiger charge is 2.36. The van der Waals surface area contributed by atoms with Gasteiger partial charge in [-0.25, -0.2) is 19.2 Å². The van der Waals surface area contributed by atoms with Gasteiger partial charge in [0, 0.05) is 45.6 Å². The molecule has 0 fully saturated rings. The Morgan fingerprint density at radius 2 is 0.800 bits per heavy atom. The fourth-order valence-corrected chi connectivity index (χ4v) is 4.05. The summed E-state index contributed by atoms with van der Waals surface area (Å²) in [5.74, 6) is -2.68. The zero-order valence-corrected chi connectivity index (χ0v) is 23.6. The van der Waals surface area contributed by atoms with Gasteiger partial charge in [0.2, 0.25) is 0 Å². The van der Waals surface area contributed by atoms with Gasteiger partial charge in [-0.3, -0.25) is 0 Å². The largest absolute Gasteiger partial charge is 0.423 e. The van der Waals surface area contributed by atoms with Gasteiger partial charge in [-0.2, -0.15) is 0 Å². The maximum atomic E-state index is 12.7. The molecule has 40 heavy (non-hydrogen) atoms. The Kier molecular flexibility index (Phi) is 8.63. The summed E-state index contributed by atoms with van der Waals surface area (Å²) in [5.41, 5.74) is 2.93. The van der Waals surface area contributed by atoms with Crippen LogP contribution < -0.4 is 18.9 Å². The van der Waals surface area contributed by atoms with Crippen LogP contribution in [0.2, 0.25) is 0 Å². The van der Waals surface area contributed by atoms with Crippen molar-refractivity contribution in [3.8, 4) is 34.1 Å². The molecule has 3 rings (SSSR count). The maximum Gasteiger partial charge on any atom is 0.338 e. The van der Waals surface area contributed by atoms with Gasteiger partial charge in [-0.15, -0.1) is 0 Å². The van der Waals surface area contributed by atoms with E-state index >= 15 is 0 Å². The zero-order chi connectivity index (χ0) is 30.0. The molecular weight excluding hydrogens is 512 g/mol. The van der Waals surface area contributed by atoms with Crippen molar-refractivity contribution in [1.29, 1.82) is 0 Å². The van der Waals surface area contributed by atoms with Crippen LogP contribution in [0.5, 0.6) is 23.0 Å². The van der Waals surface area contributed by atoms with E-state index in [0.29, 0.717) is 22.3 Å². The van der Waals surface area contributed by atoms with Gasteiger partial charge in [-0.1, -0.05) is 40.2 Å². The second kappa shape index (κ2) is 11.6. The maximum absolute atomic E-state index is 12.7. The molecule has 1 aliphatic rings. The van der Waals surface area contributed by atoms with Crippen molar-refractivity contribution in [3.63, 3.8) is 0 Å². The van der Waals surface area contributed by atoms with Crippen molar-refractivity contribution in [2.45, 2.75) is 53.4 Å². The lowest BCUT2D eigenvalue weighted by atomic mass is 9.72. The highest BCUT2D eigenvalue weighted by atomic mass is 16.6. The van der Waals surface area contributed by atoms with Crippen LogP contribution in [0.4, 0.5) is 0 Å². The van der Waals surface area contributed by atoms with Crippen LogP contribution in [0, 0.1) is 0 Å². The predicted octanol–water partition coefficient (Wildman–Crippen LogP) is 6.50. The van der Waals surface area contributed by atoms with Crippen molar-refractivity contribution >= 4 is 23.9 Å². The number of rotatable bonds is 8. The molecule has 1 aliphatic carbocycles. The first-order valence-corrected chi connectivity index (χ1v) is 12.5. The summed E-state index contributed by atoms with van der Waals surface area (Å²) in [6.45, 7) is 24.5. The first-order valence-electron chi connectivity index (χ1n) is 12.5. The van der Waals surface area contributed by atoms with Gasteiger partial charge in [0.05, 0.1) is 0 Å². The number of fused-ring (bicyclic) bond motifs is 3. The predicted molar refractivity (Wildman–Crippen MR) is 151 cm³/mol. The van der Waals surface area contributed by atoms with Crippen molar-refractivity contribution in [2.75, 3.05) is 0 Å². The minimum Gasteiger partial charge on any atom is -0.423 e. The lowest BCUT2D eigenvalue weighted by molar-refractivity contribution is -0.131. The van der Waals surface area contributed by atoms with E-state index in [1.165, 1.54) is 39.8 Å². The summed E-state index contributed by atoms with van der Waals surface area (Å²) in [5, 5.41) is 0. The van der Waals surface area contributed by atoms with E-state index in [1.807, 2.05) is 13.8 Å². The lowest BCUT2D eigenvalue weighted by Crippen LogP contribution is -2.19. The van der Waals surface area contributed by atoms with E-state index in [-0.39, 0.29) is 57.1 Å². The molecule has 2 aromatic rings. The average molecular weight is 545 g/mol. The van der Waals surface area contributed by atoms with Crippen molar-refractivity contribution in [3.05, 3.63) is 84.0 Å². The third kappa shape index (κ3) is 6.12. The normalized spacial score (nSPS) is 15.1. The number of benzene rings is 2. The highest BCUT2D eigenvalue weighted by Crippen LogP contribution is 2.55. The molecule has 208 valence electrons.